The van der Waals surface area contributed by atoms with Gasteiger partial charge in [-0.05, 0) is 19.1 Å². The van der Waals surface area contributed by atoms with E-state index >= 15 is 0 Å². The summed E-state index contributed by atoms with van der Waals surface area (Å²) in [5, 5.41) is -0.206. The molecule has 1 rings (SSSR count). The standard InChI is InChI=1S/C10H6ClF3O3/c1-5(16)8-7(11)3-2-6(4-15)9(8)17-10(12,13)14/h2-4H,1H3. The normalized spacial score (nSPS) is 11.1. The molecule has 0 saturated carbocycles. The summed E-state index contributed by atoms with van der Waals surface area (Å²) in [6.07, 6.45) is -4.85. The van der Waals surface area contributed by atoms with E-state index in [0.717, 1.165) is 19.1 Å². The predicted molar refractivity (Wildman–Crippen MR) is 53.5 cm³/mol. The molecule has 0 radical (unpaired) electrons. The summed E-state index contributed by atoms with van der Waals surface area (Å²) in [6, 6.07) is 2.20. The van der Waals surface area contributed by atoms with Crippen LogP contribution in [0.1, 0.15) is 27.6 Å². The average molecular weight is 267 g/mol. The first kappa shape index (κ1) is 13.5. The molecule has 17 heavy (non-hydrogen) atoms. The number of Topliss-reactive ketones (excluding diaryl/α,β-unsaturated/α-hetero) is 1. The van der Waals surface area contributed by atoms with Crippen molar-refractivity contribution in [2.75, 3.05) is 0 Å². The van der Waals surface area contributed by atoms with E-state index in [2.05, 4.69) is 4.74 Å². The fourth-order valence-corrected chi connectivity index (χ4v) is 1.50. The molecule has 0 amide bonds. The summed E-state index contributed by atoms with van der Waals surface area (Å²) >= 11 is 5.60. The average Bonchev–Trinajstić information content (AvgIpc) is 2.15. The van der Waals surface area contributed by atoms with Crippen molar-refractivity contribution in [1.29, 1.82) is 0 Å². The van der Waals surface area contributed by atoms with Gasteiger partial charge in [0.15, 0.2) is 17.8 Å². The van der Waals surface area contributed by atoms with Crippen molar-refractivity contribution < 1.29 is 27.5 Å². The Morgan fingerprint density at radius 1 is 1.41 bits per heavy atom. The van der Waals surface area contributed by atoms with Crippen molar-refractivity contribution in [2.24, 2.45) is 0 Å². The monoisotopic (exact) mass is 266 g/mol. The fraction of sp³-hybridized carbons (Fsp3) is 0.200. The summed E-state index contributed by atoms with van der Waals surface area (Å²) in [6.45, 7) is 1.03. The Kier molecular flexibility index (Phi) is 3.77. The van der Waals surface area contributed by atoms with Crippen molar-refractivity contribution >= 4 is 23.7 Å². The van der Waals surface area contributed by atoms with Crippen molar-refractivity contribution in [3.8, 4) is 5.75 Å². The van der Waals surface area contributed by atoms with Crippen LogP contribution < -0.4 is 4.74 Å². The zero-order valence-electron chi connectivity index (χ0n) is 8.47. The van der Waals surface area contributed by atoms with E-state index in [1.165, 1.54) is 0 Å². The van der Waals surface area contributed by atoms with E-state index in [4.69, 9.17) is 11.6 Å². The minimum atomic E-state index is -5.01. The molecule has 0 N–H and O–H groups in total. The predicted octanol–water partition coefficient (Wildman–Crippen LogP) is 3.25. The molecular weight excluding hydrogens is 261 g/mol. The molecule has 0 atom stereocenters. The largest absolute Gasteiger partial charge is 0.573 e. The molecule has 0 saturated heterocycles. The van der Waals surface area contributed by atoms with Crippen LogP contribution in [-0.4, -0.2) is 18.4 Å². The maximum atomic E-state index is 12.1. The van der Waals surface area contributed by atoms with Gasteiger partial charge in [0.25, 0.3) is 0 Å². The van der Waals surface area contributed by atoms with Crippen LogP contribution in [0.15, 0.2) is 12.1 Å². The van der Waals surface area contributed by atoms with Crippen LogP contribution in [0.5, 0.6) is 5.75 Å². The van der Waals surface area contributed by atoms with E-state index < -0.39 is 29.0 Å². The lowest BCUT2D eigenvalue weighted by molar-refractivity contribution is -0.274. The first-order chi connectivity index (χ1) is 7.76. The second-order valence-electron chi connectivity index (χ2n) is 3.06. The third kappa shape index (κ3) is 3.20. The Morgan fingerprint density at radius 3 is 2.41 bits per heavy atom. The van der Waals surface area contributed by atoms with Gasteiger partial charge < -0.3 is 4.74 Å². The molecule has 0 spiro atoms. The molecule has 0 bridgehead atoms. The lowest BCUT2D eigenvalue weighted by Gasteiger charge is -2.14. The summed E-state index contributed by atoms with van der Waals surface area (Å²) in [5.41, 5.74) is -0.856. The third-order valence-corrected chi connectivity index (χ3v) is 2.15. The van der Waals surface area contributed by atoms with E-state index in [9.17, 15) is 22.8 Å². The molecule has 1 aromatic rings. The Morgan fingerprint density at radius 2 is 2.00 bits per heavy atom. The number of benzene rings is 1. The van der Waals surface area contributed by atoms with Gasteiger partial charge >= 0.3 is 6.36 Å². The van der Waals surface area contributed by atoms with Gasteiger partial charge in [-0.25, -0.2) is 0 Å². The van der Waals surface area contributed by atoms with Crippen LogP contribution in [-0.2, 0) is 0 Å². The van der Waals surface area contributed by atoms with Gasteiger partial charge in [0, 0.05) is 0 Å². The number of ether oxygens (including phenoxy) is 1. The van der Waals surface area contributed by atoms with Gasteiger partial charge in [-0.3, -0.25) is 9.59 Å². The molecule has 7 heteroatoms. The topological polar surface area (TPSA) is 43.4 Å². The maximum Gasteiger partial charge on any atom is 0.573 e. The van der Waals surface area contributed by atoms with Crippen LogP contribution in [0.3, 0.4) is 0 Å². The van der Waals surface area contributed by atoms with Crippen molar-refractivity contribution in [3.63, 3.8) is 0 Å². The molecule has 0 aliphatic rings. The molecule has 3 nitrogen and oxygen atoms in total. The molecule has 0 fully saturated rings. The lowest BCUT2D eigenvalue weighted by atomic mass is 10.1. The Labute approximate surface area is 99.1 Å². The zero-order chi connectivity index (χ0) is 13.2. The van der Waals surface area contributed by atoms with Crippen molar-refractivity contribution in [1.82, 2.24) is 0 Å². The molecule has 1 aromatic carbocycles. The highest BCUT2D eigenvalue weighted by Crippen LogP contribution is 2.34. The summed E-state index contributed by atoms with van der Waals surface area (Å²) < 4.78 is 40.1. The highest BCUT2D eigenvalue weighted by Gasteiger charge is 2.34. The number of aldehydes is 1. The number of hydrogen-bond acceptors (Lipinski definition) is 3. The molecular formula is C10H6ClF3O3. The second kappa shape index (κ2) is 4.75. The van der Waals surface area contributed by atoms with Crippen molar-refractivity contribution in [2.45, 2.75) is 13.3 Å². The molecule has 0 aliphatic carbocycles. The first-order valence-corrected chi connectivity index (χ1v) is 4.68. The number of halogens is 4. The van der Waals surface area contributed by atoms with Crippen LogP contribution in [0, 0.1) is 0 Å². The molecule has 0 unspecified atom stereocenters. The molecule has 0 heterocycles. The highest BCUT2D eigenvalue weighted by molar-refractivity contribution is 6.34. The number of hydrogen-bond donors (Lipinski definition) is 0. The smallest absolute Gasteiger partial charge is 0.404 e. The van der Waals surface area contributed by atoms with Gasteiger partial charge in [-0.15, -0.1) is 13.2 Å². The summed E-state index contributed by atoms with van der Waals surface area (Å²) in [5.74, 6) is -1.59. The summed E-state index contributed by atoms with van der Waals surface area (Å²) in [4.78, 5) is 21.8. The molecule has 0 aromatic heterocycles. The van der Waals surface area contributed by atoms with Gasteiger partial charge in [0.1, 0.15) is 0 Å². The lowest BCUT2D eigenvalue weighted by Crippen LogP contribution is -2.20. The number of ketones is 1. The van der Waals surface area contributed by atoms with E-state index in [0.29, 0.717) is 0 Å². The first-order valence-electron chi connectivity index (χ1n) is 4.30. The zero-order valence-corrected chi connectivity index (χ0v) is 9.22. The minimum Gasteiger partial charge on any atom is -0.404 e. The van der Waals surface area contributed by atoms with E-state index in [1.54, 1.807) is 0 Å². The second-order valence-corrected chi connectivity index (χ2v) is 3.47. The van der Waals surface area contributed by atoms with Crippen LogP contribution >= 0.6 is 11.6 Å². The van der Waals surface area contributed by atoms with Gasteiger partial charge in [-0.2, -0.15) is 0 Å². The van der Waals surface area contributed by atoms with Crippen molar-refractivity contribution in [3.05, 3.63) is 28.3 Å². The van der Waals surface area contributed by atoms with E-state index in [-0.39, 0.29) is 11.3 Å². The Bertz CT molecular complexity index is 469. The highest BCUT2D eigenvalue weighted by atomic mass is 35.5. The maximum absolute atomic E-state index is 12.1. The van der Waals surface area contributed by atoms with Crippen LogP contribution in [0.25, 0.3) is 0 Å². The van der Waals surface area contributed by atoms with Gasteiger partial charge in [0.05, 0.1) is 16.1 Å². The Balaban J connectivity index is 3.45. The number of carbonyl (C=O) groups excluding carboxylic acids is 2. The third-order valence-electron chi connectivity index (χ3n) is 1.83. The van der Waals surface area contributed by atoms with Gasteiger partial charge in [0.2, 0.25) is 0 Å². The fourth-order valence-electron chi connectivity index (χ4n) is 1.22. The number of rotatable bonds is 3. The Hall–Kier alpha value is -1.56. The van der Waals surface area contributed by atoms with Crippen LogP contribution in [0.4, 0.5) is 13.2 Å². The minimum absolute atomic E-state index is 0.157. The molecule has 0 aliphatic heterocycles. The van der Waals surface area contributed by atoms with Gasteiger partial charge in [-0.1, -0.05) is 11.6 Å². The quantitative estimate of drug-likeness (QED) is 0.623. The number of carbonyl (C=O) groups is 2. The molecule has 92 valence electrons. The summed E-state index contributed by atoms with van der Waals surface area (Å²) in [7, 11) is 0. The number of alkyl halides is 3. The van der Waals surface area contributed by atoms with E-state index in [1.807, 2.05) is 0 Å². The van der Waals surface area contributed by atoms with Crippen LogP contribution in [0.2, 0.25) is 5.02 Å². The SMILES string of the molecule is CC(=O)c1c(Cl)ccc(C=O)c1OC(F)(F)F.